The minimum atomic E-state index is -1.32. The number of fused-ring (bicyclic) bond motifs is 3. The van der Waals surface area contributed by atoms with Crippen LogP contribution in [0.15, 0.2) is 23.8 Å². The molecule has 0 aromatic rings. The first-order valence-corrected chi connectivity index (χ1v) is 11.7. The summed E-state index contributed by atoms with van der Waals surface area (Å²) in [5.41, 5.74) is -2.91. The third-order valence-corrected chi connectivity index (χ3v) is 9.84. The smallest absolute Gasteiger partial charge is 0.304 e. The molecule has 1 aliphatic heterocycles. The van der Waals surface area contributed by atoms with Crippen molar-refractivity contribution in [3.8, 4) is 0 Å². The SMILES string of the molecule is C[C@]12C=CC(=O)C=C1[C@@H](F)C[C@H]1[C@@H]3CC[C@](CC(=O)O)(C(=O)CCC(=O)O)[C@@]3(C)C[C@@H]3O[C@@]312. The molecule has 8 heteroatoms. The average molecular weight is 460 g/mol. The predicted octanol–water partition coefficient (Wildman–Crippen LogP) is 3.27. The molecule has 1 spiro atoms. The second-order valence-electron chi connectivity index (χ2n) is 11.0. The molecule has 4 fully saturated rings. The summed E-state index contributed by atoms with van der Waals surface area (Å²) in [6.45, 7) is 3.85. The first kappa shape index (κ1) is 22.4. The van der Waals surface area contributed by atoms with Gasteiger partial charge in [-0.15, -0.1) is 0 Å². The number of allylic oxidation sites excluding steroid dienone is 2. The number of rotatable bonds is 6. The first-order valence-electron chi connectivity index (χ1n) is 11.7. The molecule has 0 bridgehead atoms. The van der Waals surface area contributed by atoms with Crippen molar-refractivity contribution >= 4 is 23.5 Å². The quantitative estimate of drug-likeness (QED) is 0.584. The minimum absolute atomic E-state index is 0.132. The summed E-state index contributed by atoms with van der Waals surface area (Å²) >= 11 is 0. The third kappa shape index (κ3) is 2.70. The van der Waals surface area contributed by atoms with Crippen LogP contribution >= 0.6 is 0 Å². The monoisotopic (exact) mass is 460 g/mol. The number of hydrogen-bond donors (Lipinski definition) is 2. The van der Waals surface area contributed by atoms with Gasteiger partial charge in [0.2, 0.25) is 0 Å². The normalized spacial score (nSPS) is 47.0. The van der Waals surface area contributed by atoms with Crippen LogP contribution in [0.25, 0.3) is 0 Å². The van der Waals surface area contributed by atoms with E-state index < -0.39 is 40.0 Å². The lowest BCUT2D eigenvalue weighted by atomic mass is 9.44. The Hall–Kier alpha value is -2.35. The molecule has 178 valence electrons. The van der Waals surface area contributed by atoms with Crippen LogP contribution in [0.3, 0.4) is 0 Å². The van der Waals surface area contributed by atoms with Crippen molar-refractivity contribution in [1.29, 1.82) is 0 Å². The Morgan fingerprint density at radius 1 is 1.15 bits per heavy atom. The molecular formula is C25H29FO7. The predicted molar refractivity (Wildman–Crippen MR) is 113 cm³/mol. The highest BCUT2D eigenvalue weighted by molar-refractivity contribution is 6.01. The number of ketones is 2. The lowest BCUT2D eigenvalue weighted by Gasteiger charge is -2.57. The summed E-state index contributed by atoms with van der Waals surface area (Å²) in [5.74, 6) is -3.10. The molecule has 7 nitrogen and oxygen atoms in total. The van der Waals surface area contributed by atoms with Gasteiger partial charge in [0.25, 0.3) is 0 Å². The molecule has 3 saturated carbocycles. The van der Waals surface area contributed by atoms with Crippen molar-refractivity contribution in [3.05, 3.63) is 23.8 Å². The molecular weight excluding hydrogens is 431 g/mol. The van der Waals surface area contributed by atoms with E-state index in [1.807, 2.05) is 13.8 Å². The summed E-state index contributed by atoms with van der Waals surface area (Å²) in [6.07, 6.45) is 3.67. The van der Waals surface area contributed by atoms with Gasteiger partial charge in [-0.05, 0) is 67.6 Å². The van der Waals surface area contributed by atoms with Gasteiger partial charge in [-0.3, -0.25) is 19.2 Å². The zero-order chi connectivity index (χ0) is 24.0. The van der Waals surface area contributed by atoms with Gasteiger partial charge < -0.3 is 14.9 Å². The Kier molecular flexibility index (Phi) is 4.65. The van der Waals surface area contributed by atoms with Crippen molar-refractivity contribution in [2.75, 3.05) is 0 Å². The fourth-order valence-electron chi connectivity index (χ4n) is 8.32. The van der Waals surface area contributed by atoms with Crippen LogP contribution < -0.4 is 0 Å². The van der Waals surface area contributed by atoms with Crippen LogP contribution in [0, 0.1) is 28.1 Å². The van der Waals surface area contributed by atoms with Crippen LogP contribution in [0.2, 0.25) is 0 Å². The molecule has 5 aliphatic rings. The number of ether oxygens (including phenoxy) is 1. The lowest BCUT2D eigenvalue weighted by molar-refractivity contribution is -0.154. The molecule has 8 atom stereocenters. The first-order chi connectivity index (χ1) is 15.4. The van der Waals surface area contributed by atoms with E-state index in [0.29, 0.717) is 24.8 Å². The Morgan fingerprint density at radius 2 is 1.88 bits per heavy atom. The Balaban J connectivity index is 1.56. The molecule has 1 heterocycles. The molecule has 0 aromatic heterocycles. The van der Waals surface area contributed by atoms with E-state index in [0.717, 1.165) is 0 Å². The van der Waals surface area contributed by atoms with E-state index in [4.69, 9.17) is 9.84 Å². The molecule has 4 aliphatic carbocycles. The zero-order valence-corrected chi connectivity index (χ0v) is 18.8. The summed E-state index contributed by atoms with van der Waals surface area (Å²) in [4.78, 5) is 48.4. The number of alkyl halides is 1. The highest BCUT2D eigenvalue weighted by Gasteiger charge is 2.82. The van der Waals surface area contributed by atoms with E-state index in [1.54, 1.807) is 6.08 Å². The number of aliphatic carboxylic acids is 2. The van der Waals surface area contributed by atoms with Gasteiger partial charge in [-0.2, -0.15) is 0 Å². The summed E-state index contributed by atoms with van der Waals surface area (Å²) in [5, 5.41) is 18.8. The molecule has 0 unspecified atom stereocenters. The molecule has 0 radical (unpaired) electrons. The summed E-state index contributed by atoms with van der Waals surface area (Å²) in [7, 11) is 0. The van der Waals surface area contributed by atoms with Crippen molar-refractivity contribution in [2.24, 2.45) is 28.1 Å². The zero-order valence-electron chi connectivity index (χ0n) is 18.8. The average Bonchev–Trinajstić information content (AvgIpc) is 3.38. The number of halogens is 1. The Morgan fingerprint density at radius 3 is 2.55 bits per heavy atom. The number of carbonyl (C=O) groups is 4. The largest absolute Gasteiger partial charge is 0.481 e. The number of Topliss-reactive ketones (excluding diaryl/α,β-unsaturated/α-hetero) is 1. The van der Waals surface area contributed by atoms with Gasteiger partial charge in [0, 0.05) is 17.3 Å². The maximum Gasteiger partial charge on any atom is 0.304 e. The summed E-state index contributed by atoms with van der Waals surface area (Å²) in [6, 6.07) is 0. The second-order valence-corrected chi connectivity index (χ2v) is 11.0. The Labute approximate surface area is 191 Å². The van der Waals surface area contributed by atoms with Gasteiger partial charge in [-0.25, -0.2) is 4.39 Å². The van der Waals surface area contributed by atoms with E-state index in [-0.39, 0.29) is 55.2 Å². The number of carboxylic acid groups (broad SMARTS) is 2. The fraction of sp³-hybridized carbons (Fsp3) is 0.680. The van der Waals surface area contributed by atoms with Gasteiger partial charge in [0.15, 0.2) is 5.78 Å². The van der Waals surface area contributed by atoms with Crippen LogP contribution in [-0.4, -0.2) is 51.6 Å². The number of epoxide rings is 1. The van der Waals surface area contributed by atoms with Gasteiger partial charge in [-0.1, -0.05) is 13.0 Å². The van der Waals surface area contributed by atoms with E-state index in [1.165, 1.54) is 12.2 Å². The van der Waals surface area contributed by atoms with Crippen LogP contribution in [0.5, 0.6) is 0 Å². The number of carbonyl (C=O) groups excluding carboxylic acids is 2. The van der Waals surface area contributed by atoms with Crippen molar-refractivity contribution in [1.82, 2.24) is 0 Å². The fourth-order valence-corrected chi connectivity index (χ4v) is 8.32. The van der Waals surface area contributed by atoms with Crippen molar-refractivity contribution < 1.29 is 38.5 Å². The van der Waals surface area contributed by atoms with Gasteiger partial charge in [0.1, 0.15) is 17.6 Å². The van der Waals surface area contributed by atoms with E-state index in [9.17, 15) is 24.3 Å². The Bertz CT molecular complexity index is 1030. The van der Waals surface area contributed by atoms with Crippen molar-refractivity contribution in [3.63, 3.8) is 0 Å². The molecule has 0 aromatic carbocycles. The third-order valence-electron chi connectivity index (χ3n) is 9.84. The molecule has 33 heavy (non-hydrogen) atoms. The minimum Gasteiger partial charge on any atom is -0.481 e. The molecule has 2 N–H and O–H groups in total. The van der Waals surface area contributed by atoms with Crippen LogP contribution in [-0.2, 0) is 23.9 Å². The lowest BCUT2D eigenvalue weighted by Crippen LogP contribution is -2.61. The molecule has 1 saturated heterocycles. The van der Waals surface area contributed by atoms with Gasteiger partial charge >= 0.3 is 11.9 Å². The van der Waals surface area contributed by atoms with Crippen molar-refractivity contribution in [2.45, 2.75) is 76.7 Å². The highest BCUT2D eigenvalue weighted by atomic mass is 19.1. The molecule has 5 rings (SSSR count). The van der Waals surface area contributed by atoms with E-state index >= 15 is 4.39 Å². The maximum atomic E-state index is 15.5. The highest BCUT2D eigenvalue weighted by Crippen LogP contribution is 2.78. The van der Waals surface area contributed by atoms with Crippen LogP contribution in [0.1, 0.15) is 58.8 Å². The topological polar surface area (TPSA) is 121 Å². The molecule has 0 amide bonds. The summed E-state index contributed by atoms with van der Waals surface area (Å²) < 4.78 is 21.9. The van der Waals surface area contributed by atoms with Crippen LogP contribution in [0.4, 0.5) is 4.39 Å². The number of hydrogen-bond acceptors (Lipinski definition) is 5. The van der Waals surface area contributed by atoms with E-state index in [2.05, 4.69) is 0 Å². The number of carboxylic acids is 2. The van der Waals surface area contributed by atoms with Gasteiger partial charge in [0.05, 0.1) is 18.9 Å². The standard InChI is InChI=1S/C25H29FO7/c1-22-7-5-13(27)9-16(22)17(26)10-15-14-6-8-24(12-21(31)32,18(28)3-4-20(29)30)23(14,2)11-19-25(15,22)33-19/h5,7,9,14-15,17,19H,3-4,6,8,10-12H2,1-2H3,(H,29,30)(H,31,32)/t14-,15-,17-,19-,22-,23-,24-,25+/m0/s1. The second kappa shape index (κ2) is 6.84. The maximum absolute atomic E-state index is 15.5.